The molecule has 3 nitrogen and oxygen atoms in total. The fraction of sp³-hybridized carbons (Fsp3) is 0.500. The molecule has 14 heavy (non-hydrogen) atoms. The molecular formula is C10H13FN2O. The molecule has 1 aliphatic rings. The van der Waals surface area contributed by atoms with Crippen molar-refractivity contribution in [3.8, 4) is 0 Å². The lowest BCUT2D eigenvalue weighted by Gasteiger charge is -2.09. The monoisotopic (exact) mass is 196 g/mol. The van der Waals surface area contributed by atoms with Gasteiger partial charge in [0.05, 0.1) is 12.8 Å². The Labute approximate surface area is 82.3 Å². The van der Waals surface area contributed by atoms with Crippen molar-refractivity contribution in [2.45, 2.75) is 6.42 Å². The number of anilines is 1. The van der Waals surface area contributed by atoms with Crippen LogP contribution in [0, 0.1) is 11.7 Å². The third-order valence-corrected chi connectivity index (χ3v) is 2.32. The fourth-order valence-electron chi connectivity index (χ4n) is 1.47. The summed E-state index contributed by atoms with van der Waals surface area (Å²) in [6.07, 6.45) is 2.31. The SMILES string of the molecule is Fc1ccc(NCC2CCOC2)nc1. The Morgan fingerprint density at radius 2 is 2.50 bits per heavy atom. The highest BCUT2D eigenvalue weighted by Gasteiger charge is 2.14. The van der Waals surface area contributed by atoms with Crippen LogP contribution in [0.15, 0.2) is 18.3 Å². The second-order valence-electron chi connectivity index (χ2n) is 3.47. The fourth-order valence-corrected chi connectivity index (χ4v) is 1.47. The molecule has 1 N–H and O–H groups in total. The normalized spacial score (nSPS) is 21.1. The van der Waals surface area contributed by atoms with Crippen LogP contribution in [0.25, 0.3) is 0 Å². The quantitative estimate of drug-likeness (QED) is 0.798. The van der Waals surface area contributed by atoms with Crippen molar-refractivity contribution in [1.29, 1.82) is 0 Å². The van der Waals surface area contributed by atoms with E-state index in [1.54, 1.807) is 6.07 Å². The summed E-state index contributed by atoms with van der Waals surface area (Å²) in [4.78, 5) is 3.91. The van der Waals surface area contributed by atoms with Gasteiger partial charge in [-0.15, -0.1) is 0 Å². The average Bonchev–Trinajstić information content (AvgIpc) is 2.70. The van der Waals surface area contributed by atoms with Gasteiger partial charge in [-0.25, -0.2) is 9.37 Å². The van der Waals surface area contributed by atoms with E-state index in [1.807, 2.05) is 0 Å². The third-order valence-electron chi connectivity index (χ3n) is 2.32. The minimum absolute atomic E-state index is 0.306. The summed E-state index contributed by atoms with van der Waals surface area (Å²) in [5.41, 5.74) is 0. The van der Waals surface area contributed by atoms with E-state index >= 15 is 0 Å². The van der Waals surface area contributed by atoms with E-state index in [4.69, 9.17) is 4.74 Å². The Morgan fingerprint density at radius 1 is 1.57 bits per heavy atom. The molecule has 1 aliphatic heterocycles. The van der Waals surface area contributed by atoms with Crippen molar-refractivity contribution in [3.05, 3.63) is 24.1 Å². The van der Waals surface area contributed by atoms with Crippen molar-refractivity contribution in [1.82, 2.24) is 4.98 Å². The van der Waals surface area contributed by atoms with Crippen molar-refractivity contribution in [2.75, 3.05) is 25.1 Å². The van der Waals surface area contributed by atoms with E-state index in [-0.39, 0.29) is 5.82 Å². The third kappa shape index (κ3) is 2.42. The maximum Gasteiger partial charge on any atom is 0.141 e. The molecule has 1 unspecified atom stereocenters. The number of halogens is 1. The van der Waals surface area contributed by atoms with Crippen molar-refractivity contribution >= 4 is 5.82 Å². The summed E-state index contributed by atoms with van der Waals surface area (Å²) in [5.74, 6) is 0.972. The highest BCUT2D eigenvalue weighted by atomic mass is 19.1. The summed E-state index contributed by atoms with van der Waals surface area (Å²) in [6, 6.07) is 3.05. The van der Waals surface area contributed by atoms with E-state index < -0.39 is 0 Å². The smallest absolute Gasteiger partial charge is 0.141 e. The molecule has 0 radical (unpaired) electrons. The summed E-state index contributed by atoms with van der Waals surface area (Å²) < 4.78 is 17.8. The molecule has 1 aromatic rings. The molecule has 0 amide bonds. The predicted molar refractivity (Wildman–Crippen MR) is 51.6 cm³/mol. The van der Waals surface area contributed by atoms with Crippen LogP contribution in [0.3, 0.4) is 0 Å². The van der Waals surface area contributed by atoms with E-state index in [0.29, 0.717) is 5.92 Å². The summed E-state index contributed by atoms with van der Waals surface area (Å²) in [7, 11) is 0. The van der Waals surface area contributed by atoms with Crippen LogP contribution in [0.1, 0.15) is 6.42 Å². The van der Waals surface area contributed by atoms with Crippen LogP contribution < -0.4 is 5.32 Å². The van der Waals surface area contributed by atoms with Gasteiger partial charge in [0.2, 0.25) is 0 Å². The lowest BCUT2D eigenvalue weighted by Crippen LogP contribution is -2.14. The minimum atomic E-state index is -0.306. The van der Waals surface area contributed by atoms with E-state index in [9.17, 15) is 4.39 Å². The number of rotatable bonds is 3. The number of ether oxygens (including phenoxy) is 1. The van der Waals surface area contributed by atoms with Gasteiger partial charge < -0.3 is 10.1 Å². The standard InChI is InChI=1S/C10H13FN2O/c11-9-1-2-10(13-6-9)12-5-8-3-4-14-7-8/h1-2,6,8H,3-5,7H2,(H,12,13). The van der Waals surface area contributed by atoms with Crippen molar-refractivity contribution in [2.24, 2.45) is 5.92 Å². The maximum absolute atomic E-state index is 12.5. The number of nitrogens with one attached hydrogen (secondary N) is 1. The number of nitrogens with zero attached hydrogens (tertiary/aromatic N) is 1. The molecule has 0 bridgehead atoms. The average molecular weight is 196 g/mol. The van der Waals surface area contributed by atoms with Gasteiger partial charge in [-0.2, -0.15) is 0 Å². The molecule has 0 spiro atoms. The second kappa shape index (κ2) is 4.37. The van der Waals surface area contributed by atoms with Gasteiger partial charge in [0.25, 0.3) is 0 Å². The summed E-state index contributed by atoms with van der Waals surface area (Å²) in [6.45, 7) is 2.51. The Balaban J connectivity index is 1.82. The van der Waals surface area contributed by atoms with Gasteiger partial charge >= 0.3 is 0 Å². The lowest BCUT2D eigenvalue weighted by atomic mass is 10.1. The maximum atomic E-state index is 12.5. The second-order valence-corrected chi connectivity index (χ2v) is 3.47. The zero-order valence-corrected chi connectivity index (χ0v) is 7.87. The summed E-state index contributed by atoms with van der Waals surface area (Å²) >= 11 is 0. The zero-order valence-electron chi connectivity index (χ0n) is 7.87. The largest absolute Gasteiger partial charge is 0.381 e. The molecule has 0 aromatic carbocycles. The van der Waals surface area contributed by atoms with E-state index in [2.05, 4.69) is 10.3 Å². The molecule has 1 aromatic heterocycles. The molecule has 1 fully saturated rings. The predicted octanol–water partition coefficient (Wildman–Crippen LogP) is 1.67. The van der Waals surface area contributed by atoms with Gasteiger partial charge in [-0.05, 0) is 18.6 Å². The molecule has 76 valence electrons. The van der Waals surface area contributed by atoms with Gasteiger partial charge in [0.15, 0.2) is 0 Å². The van der Waals surface area contributed by atoms with Crippen LogP contribution in [-0.4, -0.2) is 24.7 Å². The van der Waals surface area contributed by atoms with Gasteiger partial charge in [-0.3, -0.25) is 0 Å². The lowest BCUT2D eigenvalue weighted by molar-refractivity contribution is 0.187. The Morgan fingerprint density at radius 3 is 3.14 bits per heavy atom. The van der Waals surface area contributed by atoms with Crippen LogP contribution in [-0.2, 0) is 4.74 Å². The topological polar surface area (TPSA) is 34.1 Å². The van der Waals surface area contributed by atoms with Gasteiger partial charge in [0, 0.05) is 19.1 Å². The first-order valence-corrected chi connectivity index (χ1v) is 4.78. The highest BCUT2D eigenvalue weighted by molar-refractivity contribution is 5.33. The molecular weight excluding hydrogens is 183 g/mol. The zero-order chi connectivity index (χ0) is 9.80. The minimum Gasteiger partial charge on any atom is -0.381 e. The van der Waals surface area contributed by atoms with Crippen LogP contribution in [0.5, 0.6) is 0 Å². The molecule has 1 atom stereocenters. The van der Waals surface area contributed by atoms with E-state index in [1.165, 1.54) is 12.3 Å². The first kappa shape index (κ1) is 9.40. The number of aromatic nitrogens is 1. The Hall–Kier alpha value is -1.16. The van der Waals surface area contributed by atoms with Crippen molar-refractivity contribution < 1.29 is 9.13 Å². The highest BCUT2D eigenvalue weighted by Crippen LogP contribution is 2.13. The number of hydrogen-bond donors (Lipinski definition) is 1. The van der Waals surface area contributed by atoms with Crippen LogP contribution in [0.4, 0.5) is 10.2 Å². The molecule has 0 aliphatic carbocycles. The van der Waals surface area contributed by atoms with E-state index in [0.717, 1.165) is 32.0 Å². The number of hydrogen-bond acceptors (Lipinski definition) is 3. The van der Waals surface area contributed by atoms with Gasteiger partial charge in [0.1, 0.15) is 11.6 Å². The molecule has 4 heteroatoms. The molecule has 2 rings (SSSR count). The first-order valence-electron chi connectivity index (χ1n) is 4.78. The Kier molecular flexibility index (Phi) is 2.93. The first-order chi connectivity index (χ1) is 6.84. The number of pyridine rings is 1. The Bertz CT molecular complexity index is 283. The van der Waals surface area contributed by atoms with Crippen LogP contribution in [0.2, 0.25) is 0 Å². The molecule has 0 saturated carbocycles. The van der Waals surface area contributed by atoms with Crippen molar-refractivity contribution in [3.63, 3.8) is 0 Å². The van der Waals surface area contributed by atoms with Gasteiger partial charge in [-0.1, -0.05) is 0 Å². The molecule has 2 heterocycles. The molecule has 1 saturated heterocycles. The summed E-state index contributed by atoms with van der Waals surface area (Å²) in [5, 5.41) is 3.16. The van der Waals surface area contributed by atoms with Crippen LogP contribution >= 0.6 is 0 Å².